The number of carbonyl (C=O) groups excluding carboxylic acids is 1. The Balaban J connectivity index is 2.41. The van der Waals surface area contributed by atoms with Crippen LogP contribution >= 0.6 is 0 Å². The zero-order chi connectivity index (χ0) is 15.9. The highest BCUT2D eigenvalue weighted by molar-refractivity contribution is 7.91. The summed E-state index contributed by atoms with van der Waals surface area (Å²) in [6, 6.07) is 0. The number of rotatable bonds is 8. The molecule has 0 bridgehead atoms. The standard InChI is InChI=1S/C14H28N2O4S/c1-4-7-15-14(2,13(17)20-3)6-5-8-16-9-11-21(18,19)12-10-16/h15H,4-12H2,1-3H3. The minimum absolute atomic E-state index is 0.239. The summed E-state index contributed by atoms with van der Waals surface area (Å²) in [5, 5.41) is 3.26. The first kappa shape index (κ1) is 18.4. The van der Waals surface area contributed by atoms with Gasteiger partial charge in [-0.15, -0.1) is 0 Å². The second-order valence-electron chi connectivity index (χ2n) is 5.85. The Morgan fingerprint density at radius 2 is 1.95 bits per heavy atom. The Labute approximate surface area is 128 Å². The number of methoxy groups -OCH3 is 1. The van der Waals surface area contributed by atoms with Crippen molar-refractivity contribution < 1.29 is 17.9 Å². The molecule has 0 radical (unpaired) electrons. The summed E-state index contributed by atoms with van der Waals surface area (Å²) in [6.07, 6.45) is 2.47. The first-order chi connectivity index (χ1) is 9.83. The fraction of sp³-hybridized carbons (Fsp3) is 0.929. The van der Waals surface area contributed by atoms with Crippen LogP contribution in [0, 0.1) is 0 Å². The molecule has 1 N–H and O–H groups in total. The van der Waals surface area contributed by atoms with Gasteiger partial charge in [0, 0.05) is 13.1 Å². The molecular weight excluding hydrogens is 292 g/mol. The molecule has 7 heteroatoms. The number of nitrogens with one attached hydrogen (secondary N) is 1. The molecule has 0 aromatic carbocycles. The molecular formula is C14H28N2O4S. The lowest BCUT2D eigenvalue weighted by Gasteiger charge is -2.30. The van der Waals surface area contributed by atoms with E-state index in [4.69, 9.17) is 4.74 Å². The summed E-state index contributed by atoms with van der Waals surface area (Å²) < 4.78 is 27.6. The molecule has 0 saturated carbocycles. The third-order valence-corrected chi connectivity index (χ3v) is 5.60. The van der Waals surface area contributed by atoms with Crippen LogP contribution in [0.2, 0.25) is 0 Å². The lowest BCUT2D eigenvalue weighted by Crippen LogP contribution is -2.51. The van der Waals surface area contributed by atoms with Gasteiger partial charge in [0.2, 0.25) is 0 Å². The summed E-state index contributed by atoms with van der Waals surface area (Å²) in [5.74, 6) is 0.252. The van der Waals surface area contributed by atoms with Gasteiger partial charge in [-0.1, -0.05) is 6.92 Å². The highest BCUT2D eigenvalue weighted by atomic mass is 32.2. The second kappa shape index (κ2) is 8.10. The molecule has 1 aliphatic heterocycles. The molecule has 0 amide bonds. The van der Waals surface area contributed by atoms with Crippen molar-refractivity contribution in [1.82, 2.24) is 10.2 Å². The number of ether oxygens (including phenoxy) is 1. The van der Waals surface area contributed by atoms with Crippen LogP contribution in [0.1, 0.15) is 33.1 Å². The van der Waals surface area contributed by atoms with Crippen molar-refractivity contribution in [3.63, 3.8) is 0 Å². The Morgan fingerprint density at radius 3 is 2.48 bits per heavy atom. The van der Waals surface area contributed by atoms with Crippen LogP contribution in [0.5, 0.6) is 0 Å². The lowest BCUT2D eigenvalue weighted by atomic mass is 9.95. The summed E-state index contributed by atoms with van der Waals surface area (Å²) in [6.45, 7) is 6.71. The average molecular weight is 320 g/mol. The zero-order valence-electron chi connectivity index (χ0n) is 13.4. The normalized spacial score (nSPS) is 21.7. The number of hydrogen-bond donors (Lipinski definition) is 1. The molecule has 1 fully saturated rings. The smallest absolute Gasteiger partial charge is 0.325 e. The fourth-order valence-electron chi connectivity index (χ4n) is 2.52. The molecule has 1 aliphatic rings. The molecule has 6 nitrogen and oxygen atoms in total. The van der Waals surface area contributed by atoms with Crippen molar-refractivity contribution in [1.29, 1.82) is 0 Å². The van der Waals surface area contributed by atoms with Gasteiger partial charge in [0.05, 0.1) is 18.6 Å². The van der Waals surface area contributed by atoms with Crippen molar-refractivity contribution in [2.75, 3.05) is 44.8 Å². The molecule has 1 heterocycles. The minimum atomic E-state index is -2.83. The SMILES string of the molecule is CCCNC(C)(CCCN1CCS(=O)(=O)CC1)C(=O)OC. The van der Waals surface area contributed by atoms with Crippen LogP contribution in [-0.4, -0.2) is 69.6 Å². The Hall–Kier alpha value is -0.660. The number of nitrogens with zero attached hydrogens (tertiary/aromatic N) is 1. The molecule has 21 heavy (non-hydrogen) atoms. The highest BCUT2D eigenvalue weighted by Gasteiger charge is 2.33. The molecule has 0 aromatic heterocycles. The average Bonchev–Trinajstić information content (AvgIpc) is 2.46. The number of esters is 1. The van der Waals surface area contributed by atoms with E-state index in [1.54, 1.807) is 0 Å². The lowest BCUT2D eigenvalue weighted by molar-refractivity contribution is -0.148. The molecule has 0 aliphatic carbocycles. The maximum atomic E-state index is 11.9. The fourth-order valence-corrected chi connectivity index (χ4v) is 3.80. The van der Waals surface area contributed by atoms with Crippen molar-refractivity contribution in [3.05, 3.63) is 0 Å². The van der Waals surface area contributed by atoms with Crippen LogP contribution in [-0.2, 0) is 19.4 Å². The summed E-state index contributed by atoms with van der Waals surface area (Å²) in [7, 11) is -1.42. The van der Waals surface area contributed by atoms with Crippen molar-refractivity contribution >= 4 is 15.8 Å². The third-order valence-electron chi connectivity index (χ3n) is 3.99. The predicted octanol–water partition coefficient (Wildman–Crippen LogP) is 0.428. The Morgan fingerprint density at radius 1 is 1.33 bits per heavy atom. The third kappa shape index (κ3) is 5.92. The van der Waals surface area contributed by atoms with Crippen LogP contribution in [0.25, 0.3) is 0 Å². The van der Waals surface area contributed by atoms with Gasteiger partial charge in [0.15, 0.2) is 9.84 Å². The highest BCUT2D eigenvalue weighted by Crippen LogP contribution is 2.16. The molecule has 1 atom stereocenters. The molecule has 124 valence electrons. The van der Waals surface area contributed by atoms with Gasteiger partial charge in [0.25, 0.3) is 0 Å². The predicted molar refractivity (Wildman–Crippen MR) is 83.0 cm³/mol. The number of hydrogen-bond acceptors (Lipinski definition) is 6. The van der Waals surface area contributed by atoms with E-state index < -0.39 is 15.4 Å². The van der Waals surface area contributed by atoms with E-state index in [1.807, 2.05) is 6.92 Å². The van der Waals surface area contributed by atoms with Crippen LogP contribution in [0.4, 0.5) is 0 Å². The molecule has 1 saturated heterocycles. The number of carbonyl (C=O) groups is 1. The van der Waals surface area contributed by atoms with E-state index in [2.05, 4.69) is 17.1 Å². The van der Waals surface area contributed by atoms with Crippen molar-refractivity contribution in [3.8, 4) is 0 Å². The van der Waals surface area contributed by atoms with E-state index in [9.17, 15) is 13.2 Å². The van der Waals surface area contributed by atoms with Gasteiger partial charge in [-0.05, 0) is 39.3 Å². The maximum absolute atomic E-state index is 11.9. The molecule has 0 spiro atoms. The van der Waals surface area contributed by atoms with Gasteiger partial charge < -0.3 is 15.0 Å². The zero-order valence-corrected chi connectivity index (χ0v) is 14.2. The number of sulfone groups is 1. The molecule has 1 rings (SSSR count). The second-order valence-corrected chi connectivity index (χ2v) is 8.15. The quantitative estimate of drug-likeness (QED) is 0.654. The Kier molecular flexibility index (Phi) is 7.09. The van der Waals surface area contributed by atoms with Crippen LogP contribution in [0.3, 0.4) is 0 Å². The molecule has 0 aromatic rings. The largest absolute Gasteiger partial charge is 0.468 e. The summed E-state index contributed by atoms with van der Waals surface area (Å²) >= 11 is 0. The molecule has 1 unspecified atom stereocenters. The van der Waals surface area contributed by atoms with Crippen LogP contribution < -0.4 is 5.32 Å². The maximum Gasteiger partial charge on any atom is 0.325 e. The minimum Gasteiger partial charge on any atom is -0.468 e. The van der Waals surface area contributed by atoms with E-state index in [0.717, 1.165) is 25.9 Å². The van der Waals surface area contributed by atoms with Gasteiger partial charge in [-0.25, -0.2) is 8.42 Å². The van der Waals surface area contributed by atoms with E-state index >= 15 is 0 Å². The van der Waals surface area contributed by atoms with Crippen molar-refractivity contribution in [2.45, 2.75) is 38.6 Å². The van der Waals surface area contributed by atoms with E-state index in [1.165, 1.54) is 7.11 Å². The first-order valence-corrected chi connectivity index (χ1v) is 9.41. The van der Waals surface area contributed by atoms with Gasteiger partial charge in [-0.2, -0.15) is 0 Å². The summed E-state index contributed by atoms with van der Waals surface area (Å²) in [4.78, 5) is 14.1. The first-order valence-electron chi connectivity index (χ1n) is 7.59. The monoisotopic (exact) mass is 320 g/mol. The summed E-state index contributed by atoms with van der Waals surface area (Å²) in [5.41, 5.74) is -0.660. The van der Waals surface area contributed by atoms with Gasteiger partial charge >= 0.3 is 5.97 Å². The van der Waals surface area contributed by atoms with Gasteiger partial charge in [-0.3, -0.25) is 4.79 Å². The topological polar surface area (TPSA) is 75.7 Å². The van der Waals surface area contributed by atoms with Crippen molar-refractivity contribution in [2.24, 2.45) is 0 Å². The van der Waals surface area contributed by atoms with Crippen LogP contribution in [0.15, 0.2) is 0 Å². The Bertz CT molecular complexity index is 424. The van der Waals surface area contributed by atoms with Gasteiger partial charge in [0.1, 0.15) is 5.54 Å². The van der Waals surface area contributed by atoms with E-state index in [0.29, 0.717) is 19.5 Å². The van der Waals surface area contributed by atoms with E-state index in [-0.39, 0.29) is 17.5 Å².